The van der Waals surface area contributed by atoms with Crippen LogP contribution in [-0.4, -0.2) is 72.2 Å². The van der Waals surface area contributed by atoms with Gasteiger partial charge in [-0.15, -0.1) is 0 Å². The molecule has 4 bridgehead atoms. The minimum Gasteiger partial charge on any atom is -0.340 e. The number of carbonyl (C=O) groups excluding carboxylic acids is 1. The predicted molar refractivity (Wildman–Crippen MR) is 109 cm³/mol. The zero-order chi connectivity index (χ0) is 18.9. The Labute approximate surface area is 171 Å². The van der Waals surface area contributed by atoms with Crippen molar-refractivity contribution in [1.82, 2.24) is 9.80 Å². The average Bonchev–Trinajstić information content (AvgIpc) is 2.92. The largest absolute Gasteiger partial charge is 0.340 e. The maximum Gasteiger partial charge on any atom is 0.223 e. The molecule has 7 heteroatoms. The van der Waals surface area contributed by atoms with E-state index in [9.17, 15) is 13.2 Å². The molecule has 6 fully saturated rings. The van der Waals surface area contributed by atoms with Crippen LogP contribution in [0.1, 0.15) is 51.4 Å². The molecule has 0 spiro atoms. The second-order valence-corrected chi connectivity index (χ2v) is 14.2. The first-order valence-electron chi connectivity index (χ1n) is 10.6. The second-order valence-electron chi connectivity index (χ2n) is 10.3. The number of piperazine rings is 1. The van der Waals surface area contributed by atoms with Crippen LogP contribution in [0.5, 0.6) is 0 Å². The minimum absolute atomic E-state index is 0.170. The van der Waals surface area contributed by atoms with Gasteiger partial charge in [-0.1, -0.05) is 15.9 Å². The highest BCUT2D eigenvalue weighted by molar-refractivity contribution is 9.10. The van der Waals surface area contributed by atoms with Gasteiger partial charge in [-0.25, -0.2) is 8.42 Å². The summed E-state index contributed by atoms with van der Waals surface area (Å²) in [6.45, 7) is 3.18. The third-order valence-electron chi connectivity index (χ3n) is 8.03. The molecule has 3 atom stereocenters. The molecule has 2 heterocycles. The number of nitrogens with zero attached hydrogens (tertiary/aromatic N) is 2. The lowest BCUT2D eigenvalue weighted by molar-refractivity contribution is -0.140. The minimum atomic E-state index is -2.84. The number of hydrogen-bond acceptors (Lipinski definition) is 4. The summed E-state index contributed by atoms with van der Waals surface area (Å²) in [6, 6.07) is 0.170. The molecule has 152 valence electrons. The predicted octanol–water partition coefficient (Wildman–Crippen LogP) is 2.44. The molecular weight excluding hydrogens is 428 g/mol. The highest BCUT2D eigenvalue weighted by atomic mass is 79.9. The molecule has 3 unspecified atom stereocenters. The molecule has 5 nitrogen and oxygen atoms in total. The molecular formula is C20H31BrN2O3S. The van der Waals surface area contributed by atoms with Gasteiger partial charge in [0.15, 0.2) is 9.84 Å². The molecule has 0 aromatic heterocycles. The van der Waals surface area contributed by atoms with Crippen LogP contribution in [-0.2, 0) is 14.6 Å². The van der Waals surface area contributed by atoms with Crippen LogP contribution in [0, 0.1) is 17.3 Å². The molecule has 0 aromatic rings. The summed E-state index contributed by atoms with van der Waals surface area (Å²) >= 11 is 4.05. The van der Waals surface area contributed by atoms with Crippen LogP contribution in [0.25, 0.3) is 0 Å². The normalized spacial score (nSPS) is 46.1. The molecule has 0 N–H and O–H groups in total. The Morgan fingerprint density at radius 2 is 1.70 bits per heavy atom. The molecule has 27 heavy (non-hydrogen) atoms. The summed E-state index contributed by atoms with van der Waals surface area (Å²) in [4.78, 5) is 17.5. The van der Waals surface area contributed by atoms with E-state index in [1.54, 1.807) is 0 Å². The van der Waals surface area contributed by atoms with Gasteiger partial charge in [-0.2, -0.15) is 0 Å². The highest BCUT2D eigenvalue weighted by Gasteiger charge is 2.57. The average molecular weight is 459 g/mol. The number of rotatable bonds is 3. The van der Waals surface area contributed by atoms with Gasteiger partial charge in [-0.05, 0) is 62.2 Å². The van der Waals surface area contributed by atoms with Crippen LogP contribution >= 0.6 is 15.9 Å². The first-order chi connectivity index (χ1) is 12.7. The van der Waals surface area contributed by atoms with Gasteiger partial charge < -0.3 is 4.90 Å². The van der Waals surface area contributed by atoms with Crippen LogP contribution in [0.4, 0.5) is 0 Å². The quantitative estimate of drug-likeness (QED) is 0.609. The van der Waals surface area contributed by atoms with E-state index in [1.807, 2.05) is 0 Å². The van der Waals surface area contributed by atoms with Crippen molar-refractivity contribution < 1.29 is 13.2 Å². The van der Waals surface area contributed by atoms with Gasteiger partial charge in [-0.3, -0.25) is 9.69 Å². The van der Waals surface area contributed by atoms with E-state index in [1.165, 1.54) is 38.5 Å². The van der Waals surface area contributed by atoms with E-state index in [4.69, 9.17) is 0 Å². The van der Waals surface area contributed by atoms with E-state index < -0.39 is 9.84 Å². The van der Waals surface area contributed by atoms with Gasteiger partial charge in [0.2, 0.25) is 5.91 Å². The summed E-state index contributed by atoms with van der Waals surface area (Å²) in [7, 11) is -2.84. The third-order valence-corrected chi connectivity index (χ3v) is 10.7. The number of alkyl halides is 1. The van der Waals surface area contributed by atoms with Crippen molar-refractivity contribution in [3.8, 4) is 0 Å². The molecule has 2 saturated heterocycles. The van der Waals surface area contributed by atoms with E-state index in [0.29, 0.717) is 21.7 Å². The maximum absolute atomic E-state index is 13.1. The van der Waals surface area contributed by atoms with Crippen LogP contribution < -0.4 is 0 Å². The summed E-state index contributed by atoms with van der Waals surface area (Å²) < 4.78 is 23.8. The zero-order valence-corrected chi connectivity index (χ0v) is 18.4. The second kappa shape index (κ2) is 6.43. The van der Waals surface area contributed by atoms with Crippen molar-refractivity contribution in [3.05, 3.63) is 0 Å². The van der Waals surface area contributed by atoms with Crippen molar-refractivity contribution in [3.63, 3.8) is 0 Å². The van der Waals surface area contributed by atoms with E-state index in [0.717, 1.165) is 50.9 Å². The first-order valence-corrected chi connectivity index (χ1v) is 13.3. The Morgan fingerprint density at radius 1 is 1.04 bits per heavy atom. The van der Waals surface area contributed by atoms with Crippen molar-refractivity contribution in [2.75, 3.05) is 37.7 Å². The van der Waals surface area contributed by atoms with Crippen LogP contribution in [0.2, 0.25) is 0 Å². The SMILES string of the molecule is O=C(CC12CC3CC(CC(Br)(C3)C1)C2)N1CCN(C2CCS(=O)(=O)C2)CC1. The Morgan fingerprint density at radius 3 is 2.26 bits per heavy atom. The molecule has 4 aliphatic carbocycles. The van der Waals surface area contributed by atoms with Gasteiger partial charge in [0.05, 0.1) is 11.5 Å². The summed E-state index contributed by atoms with van der Waals surface area (Å²) in [5, 5.41) is 0. The topological polar surface area (TPSA) is 57.7 Å². The summed E-state index contributed by atoms with van der Waals surface area (Å²) in [5.41, 5.74) is 0.237. The standard InChI is InChI=1S/C20H31BrN2O3S/c21-20-10-15-7-16(11-20)9-19(8-15,14-20)12-18(24)23-4-2-22(3-5-23)17-1-6-27(25,26)13-17/h15-17H,1-14H2. The number of hydrogen-bond donors (Lipinski definition) is 0. The maximum atomic E-state index is 13.1. The molecule has 1 amide bonds. The number of sulfone groups is 1. The number of halogens is 1. The van der Waals surface area contributed by atoms with Gasteiger partial charge in [0, 0.05) is 43.0 Å². The molecule has 2 aliphatic heterocycles. The Kier molecular flexibility index (Phi) is 4.49. The third kappa shape index (κ3) is 3.61. The fraction of sp³-hybridized carbons (Fsp3) is 0.950. The Bertz CT molecular complexity index is 718. The monoisotopic (exact) mass is 458 g/mol. The molecule has 0 aromatic carbocycles. The molecule has 4 saturated carbocycles. The van der Waals surface area contributed by atoms with E-state index in [-0.39, 0.29) is 11.5 Å². The summed E-state index contributed by atoms with van der Waals surface area (Å²) in [5.74, 6) is 2.61. The van der Waals surface area contributed by atoms with Crippen molar-refractivity contribution in [2.45, 2.75) is 61.7 Å². The Hall–Kier alpha value is -0.140. The van der Waals surface area contributed by atoms with Crippen molar-refractivity contribution in [1.29, 1.82) is 0 Å². The lowest BCUT2D eigenvalue weighted by atomic mass is 9.48. The highest BCUT2D eigenvalue weighted by Crippen LogP contribution is 2.65. The molecule has 0 radical (unpaired) electrons. The summed E-state index contributed by atoms with van der Waals surface area (Å²) in [6.07, 6.45) is 9.17. The van der Waals surface area contributed by atoms with Gasteiger partial charge in [0.1, 0.15) is 0 Å². The lowest BCUT2D eigenvalue weighted by Gasteiger charge is -2.60. The lowest BCUT2D eigenvalue weighted by Crippen LogP contribution is -2.56. The fourth-order valence-electron chi connectivity index (χ4n) is 7.38. The Balaban J connectivity index is 1.18. The van der Waals surface area contributed by atoms with Crippen molar-refractivity contribution >= 4 is 31.7 Å². The zero-order valence-electron chi connectivity index (χ0n) is 16.0. The number of carbonyl (C=O) groups is 1. The van der Waals surface area contributed by atoms with E-state index >= 15 is 0 Å². The van der Waals surface area contributed by atoms with Crippen LogP contribution in [0.15, 0.2) is 0 Å². The smallest absolute Gasteiger partial charge is 0.223 e. The van der Waals surface area contributed by atoms with Gasteiger partial charge in [0.25, 0.3) is 0 Å². The van der Waals surface area contributed by atoms with Gasteiger partial charge >= 0.3 is 0 Å². The van der Waals surface area contributed by atoms with Crippen molar-refractivity contribution in [2.24, 2.45) is 17.3 Å². The van der Waals surface area contributed by atoms with Crippen LogP contribution in [0.3, 0.4) is 0 Å². The van der Waals surface area contributed by atoms with E-state index in [2.05, 4.69) is 25.7 Å². The fourth-order valence-corrected chi connectivity index (χ4v) is 10.6. The molecule has 6 aliphatic rings. The number of amides is 1. The molecule has 6 rings (SSSR count). The first kappa shape index (κ1) is 18.9.